The van der Waals surface area contributed by atoms with E-state index in [-0.39, 0.29) is 17.3 Å². The van der Waals surface area contributed by atoms with Crippen LogP contribution >= 0.6 is 11.8 Å². The largest absolute Gasteiger partial charge is 0.491 e. The molecule has 0 aliphatic carbocycles. The molecule has 0 fully saturated rings. The van der Waals surface area contributed by atoms with Crippen LogP contribution in [0.25, 0.3) is 5.69 Å². The molecular weight excluding hydrogens is 370 g/mol. The molecule has 0 radical (unpaired) electrons. The van der Waals surface area contributed by atoms with Crippen molar-refractivity contribution in [1.82, 2.24) is 9.78 Å². The summed E-state index contributed by atoms with van der Waals surface area (Å²) in [6, 6.07) is 18.0. The topological polar surface area (TPSA) is 56.2 Å². The lowest BCUT2D eigenvalue weighted by Gasteiger charge is -2.16. The highest BCUT2D eigenvalue weighted by Crippen LogP contribution is 2.44. The number of anilines is 1. The van der Waals surface area contributed by atoms with Gasteiger partial charge in [-0.3, -0.25) is 4.79 Å². The first-order chi connectivity index (χ1) is 13.5. The summed E-state index contributed by atoms with van der Waals surface area (Å²) in [7, 11) is 0. The summed E-state index contributed by atoms with van der Waals surface area (Å²) in [5.41, 5.74) is 4.03. The first-order valence-electron chi connectivity index (χ1n) is 9.36. The van der Waals surface area contributed by atoms with Crippen molar-refractivity contribution in [3.8, 4) is 11.4 Å². The van der Waals surface area contributed by atoms with Crippen LogP contribution in [0.15, 0.2) is 54.6 Å². The van der Waals surface area contributed by atoms with Crippen molar-refractivity contribution in [1.29, 1.82) is 0 Å². The molecule has 0 spiro atoms. The molecule has 1 amide bonds. The number of fused-ring (bicyclic) bond motifs is 1. The van der Waals surface area contributed by atoms with Crippen LogP contribution in [-0.2, 0) is 4.79 Å². The van der Waals surface area contributed by atoms with Gasteiger partial charge in [-0.2, -0.15) is 5.10 Å². The molecule has 1 aliphatic rings. The fraction of sp³-hybridized carbons (Fsp3) is 0.273. The Morgan fingerprint density at radius 1 is 1.14 bits per heavy atom. The molecule has 28 heavy (non-hydrogen) atoms. The van der Waals surface area contributed by atoms with Crippen LogP contribution in [0, 0.1) is 6.92 Å². The number of aromatic nitrogens is 2. The molecule has 1 aromatic heterocycles. The molecule has 1 N–H and O–H groups in total. The predicted octanol–water partition coefficient (Wildman–Crippen LogP) is 4.74. The van der Waals surface area contributed by atoms with Gasteiger partial charge in [0.2, 0.25) is 5.91 Å². The number of benzene rings is 2. The third-order valence-corrected chi connectivity index (χ3v) is 5.83. The number of hydrogen-bond donors (Lipinski definition) is 1. The lowest BCUT2D eigenvalue weighted by atomic mass is 10.0. The van der Waals surface area contributed by atoms with Crippen LogP contribution in [0.3, 0.4) is 0 Å². The fourth-order valence-corrected chi connectivity index (χ4v) is 4.58. The van der Waals surface area contributed by atoms with E-state index in [4.69, 9.17) is 9.84 Å². The maximum atomic E-state index is 12.4. The Hall–Kier alpha value is -2.73. The van der Waals surface area contributed by atoms with Gasteiger partial charge in [0.25, 0.3) is 0 Å². The van der Waals surface area contributed by atoms with Crippen molar-refractivity contribution in [2.45, 2.75) is 32.1 Å². The molecule has 1 atom stereocenters. The van der Waals surface area contributed by atoms with Gasteiger partial charge in [0.15, 0.2) is 0 Å². The first kappa shape index (κ1) is 18.6. The van der Waals surface area contributed by atoms with Crippen molar-refractivity contribution in [3.05, 3.63) is 71.4 Å². The summed E-state index contributed by atoms with van der Waals surface area (Å²) in [6.07, 6.45) is 0.137. The summed E-state index contributed by atoms with van der Waals surface area (Å²) in [5, 5.41) is 7.83. The molecule has 0 bridgehead atoms. The van der Waals surface area contributed by atoms with Crippen LogP contribution in [0.4, 0.5) is 5.82 Å². The summed E-state index contributed by atoms with van der Waals surface area (Å²) in [6.45, 7) is 6.03. The normalized spacial score (nSPS) is 16.4. The Balaban J connectivity index is 1.77. The van der Waals surface area contributed by atoms with E-state index in [1.165, 1.54) is 0 Å². The lowest BCUT2D eigenvalue weighted by molar-refractivity contribution is -0.113. The molecule has 6 heteroatoms. The minimum atomic E-state index is -0.00871. The zero-order valence-electron chi connectivity index (χ0n) is 16.2. The molecule has 0 saturated carbocycles. The number of hydrogen-bond acceptors (Lipinski definition) is 4. The molecule has 2 aromatic carbocycles. The molecule has 5 nitrogen and oxygen atoms in total. The maximum absolute atomic E-state index is 12.4. The zero-order valence-corrected chi connectivity index (χ0v) is 17.0. The van der Waals surface area contributed by atoms with E-state index in [9.17, 15) is 4.79 Å². The average molecular weight is 394 g/mol. The second kappa shape index (κ2) is 7.72. The van der Waals surface area contributed by atoms with Gasteiger partial charge in [0.05, 0.1) is 28.5 Å². The smallest absolute Gasteiger partial charge is 0.235 e. The Morgan fingerprint density at radius 2 is 1.86 bits per heavy atom. The van der Waals surface area contributed by atoms with Crippen LogP contribution in [0.5, 0.6) is 5.75 Å². The summed E-state index contributed by atoms with van der Waals surface area (Å²) in [5.74, 6) is 2.00. The van der Waals surface area contributed by atoms with Crippen molar-refractivity contribution in [3.63, 3.8) is 0 Å². The van der Waals surface area contributed by atoms with Crippen LogP contribution in [0.1, 0.15) is 35.9 Å². The summed E-state index contributed by atoms with van der Waals surface area (Å²) >= 11 is 1.62. The van der Waals surface area contributed by atoms with E-state index < -0.39 is 0 Å². The quantitative estimate of drug-likeness (QED) is 0.695. The Bertz CT molecular complexity index is 981. The average Bonchev–Trinajstić information content (AvgIpc) is 2.89. The standard InChI is InChI=1S/C22H23N3O2S/c1-14(2)27-18-11-9-16(10-12-18)21-20-15(3)24-25(17-7-5-4-6-8-17)22(20)23-19(26)13-28-21/h4-12,14,21H,13H2,1-3H3,(H,23,26)/t21-/m1/s1. The van der Waals surface area contributed by atoms with Crippen molar-refractivity contribution >= 4 is 23.5 Å². The number of thioether (sulfide) groups is 1. The fourth-order valence-electron chi connectivity index (χ4n) is 3.40. The van der Waals surface area contributed by atoms with Gasteiger partial charge in [0, 0.05) is 5.56 Å². The van der Waals surface area contributed by atoms with Crippen LogP contribution in [-0.4, -0.2) is 27.5 Å². The second-order valence-electron chi connectivity index (χ2n) is 7.07. The Kier molecular flexibility index (Phi) is 5.13. The highest BCUT2D eigenvalue weighted by molar-refractivity contribution is 8.00. The van der Waals surface area contributed by atoms with E-state index in [2.05, 4.69) is 17.4 Å². The van der Waals surface area contributed by atoms with E-state index >= 15 is 0 Å². The van der Waals surface area contributed by atoms with Crippen molar-refractivity contribution in [2.24, 2.45) is 0 Å². The van der Waals surface area contributed by atoms with Gasteiger partial charge in [-0.05, 0) is 50.6 Å². The molecule has 144 valence electrons. The van der Waals surface area contributed by atoms with Gasteiger partial charge < -0.3 is 10.1 Å². The van der Waals surface area contributed by atoms with Gasteiger partial charge >= 0.3 is 0 Å². The number of amides is 1. The highest BCUT2D eigenvalue weighted by Gasteiger charge is 2.30. The summed E-state index contributed by atoms with van der Waals surface area (Å²) < 4.78 is 7.59. The number of rotatable bonds is 4. The number of aryl methyl sites for hydroxylation is 1. The van der Waals surface area contributed by atoms with Crippen LogP contribution in [0.2, 0.25) is 0 Å². The minimum Gasteiger partial charge on any atom is -0.491 e. The first-order valence-corrected chi connectivity index (χ1v) is 10.4. The molecule has 1 aliphatic heterocycles. The third kappa shape index (κ3) is 3.64. The second-order valence-corrected chi connectivity index (χ2v) is 8.16. The number of para-hydroxylation sites is 1. The van der Waals surface area contributed by atoms with E-state index in [0.717, 1.165) is 34.1 Å². The van der Waals surface area contributed by atoms with Gasteiger partial charge in [-0.25, -0.2) is 4.68 Å². The third-order valence-electron chi connectivity index (χ3n) is 4.56. The van der Waals surface area contributed by atoms with E-state index in [1.54, 1.807) is 11.8 Å². The Morgan fingerprint density at radius 3 is 2.54 bits per heavy atom. The number of nitrogens with zero attached hydrogens (tertiary/aromatic N) is 2. The maximum Gasteiger partial charge on any atom is 0.235 e. The molecular formula is C22H23N3O2S. The minimum absolute atomic E-state index is 0.00871. The van der Waals surface area contributed by atoms with Gasteiger partial charge in [0.1, 0.15) is 11.6 Å². The molecule has 4 rings (SSSR count). The van der Waals surface area contributed by atoms with E-state index in [1.807, 2.05) is 67.9 Å². The molecule has 2 heterocycles. The zero-order chi connectivity index (χ0) is 19.7. The van der Waals surface area contributed by atoms with Gasteiger partial charge in [-0.15, -0.1) is 11.8 Å². The number of carbonyl (C=O) groups excluding carboxylic acids is 1. The lowest BCUT2D eigenvalue weighted by Crippen LogP contribution is -2.15. The predicted molar refractivity (Wildman–Crippen MR) is 113 cm³/mol. The van der Waals surface area contributed by atoms with Crippen LogP contribution < -0.4 is 10.1 Å². The molecule has 3 aromatic rings. The van der Waals surface area contributed by atoms with Crippen molar-refractivity contribution in [2.75, 3.05) is 11.1 Å². The SMILES string of the molecule is Cc1nn(-c2ccccc2)c2c1[C@@H](c1ccc(OC(C)C)cc1)SCC(=O)N2. The number of ether oxygens (including phenoxy) is 1. The number of nitrogens with one attached hydrogen (secondary N) is 1. The monoisotopic (exact) mass is 393 g/mol. The molecule has 0 saturated heterocycles. The summed E-state index contributed by atoms with van der Waals surface area (Å²) in [4.78, 5) is 12.4. The number of carbonyl (C=O) groups is 1. The molecule has 0 unspecified atom stereocenters. The van der Waals surface area contributed by atoms with Crippen molar-refractivity contribution < 1.29 is 9.53 Å². The Labute approximate surface area is 169 Å². The highest BCUT2D eigenvalue weighted by atomic mass is 32.2. The van der Waals surface area contributed by atoms with E-state index in [0.29, 0.717) is 5.75 Å². The van der Waals surface area contributed by atoms with Gasteiger partial charge in [-0.1, -0.05) is 30.3 Å².